The van der Waals surface area contributed by atoms with E-state index in [0.29, 0.717) is 38.6 Å². The summed E-state index contributed by atoms with van der Waals surface area (Å²) >= 11 is 0. The summed E-state index contributed by atoms with van der Waals surface area (Å²) in [7, 11) is 1.19. The van der Waals surface area contributed by atoms with Crippen molar-refractivity contribution in [1.82, 2.24) is 10.2 Å². The molecule has 44 heavy (non-hydrogen) atoms. The van der Waals surface area contributed by atoms with Crippen LogP contribution in [-0.4, -0.2) is 66.8 Å². The molecule has 1 unspecified atom stereocenters. The second kappa shape index (κ2) is 14.2. The van der Waals surface area contributed by atoms with Gasteiger partial charge >= 0.3 is 12.1 Å². The number of likely N-dealkylation sites (tertiary alicyclic amines) is 1. The van der Waals surface area contributed by atoms with Crippen LogP contribution in [0.25, 0.3) is 0 Å². The van der Waals surface area contributed by atoms with Crippen molar-refractivity contribution >= 4 is 29.6 Å². The van der Waals surface area contributed by atoms with E-state index in [1.165, 1.54) is 19.2 Å². The molecule has 2 aliphatic rings. The smallest absolute Gasteiger partial charge is 0.407 e. The number of amides is 3. The number of rotatable bonds is 8. The van der Waals surface area contributed by atoms with Crippen molar-refractivity contribution < 1.29 is 37.4 Å². The summed E-state index contributed by atoms with van der Waals surface area (Å²) in [6.07, 6.45) is 1.92. The number of nitrogens with one attached hydrogen (secondary N) is 2. The molecule has 1 saturated heterocycles. The zero-order chi connectivity index (χ0) is 32.0. The lowest BCUT2D eigenvalue weighted by Gasteiger charge is -2.36. The first-order valence-electron chi connectivity index (χ1n) is 15.0. The normalized spacial score (nSPS) is 22.5. The van der Waals surface area contributed by atoms with Gasteiger partial charge in [-0.1, -0.05) is 30.3 Å². The Kier molecular flexibility index (Phi) is 10.6. The Bertz CT molecular complexity index is 1340. The highest BCUT2D eigenvalue weighted by Gasteiger charge is 2.45. The van der Waals surface area contributed by atoms with Crippen molar-refractivity contribution in [2.24, 2.45) is 11.8 Å². The minimum absolute atomic E-state index is 0.00901. The van der Waals surface area contributed by atoms with Gasteiger partial charge in [-0.15, -0.1) is 0 Å². The Balaban J connectivity index is 1.47. The fraction of sp³-hybridized carbons (Fsp3) is 0.515. The minimum Gasteiger partial charge on any atom is -0.465 e. The van der Waals surface area contributed by atoms with Gasteiger partial charge in [0.15, 0.2) is 0 Å². The summed E-state index contributed by atoms with van der Waals surface area (Å²) < 4.78 is 38.7. The van der Waals surface area contributed by atoms with Crippen LogP contribution in [0.2, 0.25) is 0 Å². The number of alkyl carbamates (subject to hydrolysis) is 1. The van der Waals surface area contributed by atoms with Crippen LogP contribution in [0, 0.1) is 17.7 Å². The number of carbonyl (C=O) groups excluding carboxylic acids is 4. The summed E-state index contributed by atoms with van der Waals surface area (Å²) in [6.45, 7) is 4.82. The van der Waals surface area contributed by atoms with Gasteiger partial charge in [0, 0.05) is 18.4 Å². The van der Waals surface area contributed by atoms with Gasteiger partial charge in [-0.3, -0.25) is 9.59 Å². The van der Waals surface area contributed by atoms with Gasteiger partial charge in [0.25, 0.3) is 0 Å². The number of esters is 1. The van der Waals surface area contributed by atoms with Gasteiger partial charge in [-0.2, -0.15) is 0 Å². The number of hydrogen-bond donors (Lipinski definition) is 2. The van der Waals surface area contributed by atoms with Crippen LogP contribution in [0.15, 0.2) is 48.5 Å². The zero-order valence-electron chi connectivity index (χ0n) is 25.6. The first kappa shape index (κ1) is 32.9. The Hall–Kier alpha value is -4.02. The Labute approximate surface area is 256 Å². The molecular weight excluding hydrogens is 572 g/mol. The number of anilines is 1. The number of methoxy groups -OCH3 is 1. The van der Waals surface area contributed by atoms with Crippen LogP contribution in [0.3, 0.4) is 0 Å². The number of hydrogen-bond acceptors (Lipinski definition) is 6. The van der Waals surface area contributed by atoms with E-state index in [9.17, 15) is 28.0 Å². The van der Waals surface area contributed by atoms with E-state index in [-0.39, 0.29) is 34.9 Å². The van der Waals surface area contributed by atoms with E-state index < -0.39 is 48.1 Å². The van der Waals surface area contributed by atoms with E-state index >= 15 is 0 Å². The zero-order valence-corrected chi connectivity index (χ0v) is 25.6. The first-order valence-corrected chi connectivity index (χ1v) is 15.0. The van der Waals surface area contributed by atoms with Crippen molar-refractivity contribution in [3.8, 4) is 0 Å². The van der Waals surface area contributed by atoms with Crippen molar-refractivity contribution in [2.45, 2.75) is 76.5 Å². The van der Waals surface area contributed by atoms with E-state index in [4.69, 9.17) is 4.74 Å². The largest absolute Gasteiger partial charge is 0.465 e. The molecule has 0 spiro atoms. The number of carbonyl (C=O) groups is 4. The highest BCUT2D eigenvalue weighted by atomic mass is 19.1. The minimum atomic E-state index is -0.880. The van der Waals surface area contributed by atoms with Crippen LogP contribution in [0.4, 0.5) is 19.3 Å². The van der Waals surface area contributed by atoms with Crippen molar-refractivity contribution in [3.05, 3.63) is 65.5 Å². The van der Waals surface area contributed by atoms with Gasteiger partial charge in [0.05, 0.1) is 24.4 Å². The van der Waals surface area contributed by atoms with E-state index in [2.05, 4.69) is 15.4 Å². The fourth-order valence-corrected chi connectivity index (χ4v) is 6.23. The van der Waals surface area contributed by atoms with Gasteiger partial charge in [0.1, 0.15) is 24.1 Å². The molecule has 3 atom stereocenters. The summed E-state index contributed by atoms with van der Waals surface area (Å²) in [5.74, 6) is -3.01. The van der Waals surface area contributed by atoms with Crippen molar-refractivity contribution in [3.63, 3.8) is 0 Å². The van der Waals surface area contributed by atoms with Gasteiger partial charge < -0.3 is 25.0 Å². The SMILES string of the molecule is COC(=O)c1ccc(NC(=O)[C@@H]2[C@@H](c3ccccc3)CCN2C(=O)C2CCC(C(CF)NC(=O)OC(C)(C)C)CC2)c(F)c1. The average Bonchev–Trinajstić information content (AvgIpc) is 3.45. The van der Waals surface area contributed by atoms with Crippen molar-refractivity contribution in [1.29, 1.82) is 0 Å². The molecule has 0 aromatic heterocycles. The predicted molar refractivity (Wildman–Crippen MR) is 160 cm³/mol. The van der Waals surface area contributed by atoms with Crippen LogP contribution in [0.1, 0.15) is 74.7 Å². The standard InChI is InChI=1S/C33H41F2N3O6/c1-33(2,3)44-32(42)37-27(19-34)21-10-12-22(13-11-21)30(40)38-17-16-24(20-8-6-5-7-9-20)28(38)29(39)36-26-15-14-23(18-25(26)35)31(41)43-4/h5-9,14-15,18,21-22,24,27-28H,10-13,16-17,19H2,1-4H3,(H,36,39)(H,37,42)/t21?,22?,24-,27?,28+/m1/s1. The van der Waals surface area contributed by atoms with Crippen molar-refractivity contribution in [2.75, 3.05) is 25.6 Å². The molecule has 238 valence electrons. The molecule has 1 saturated carbocycles. The molecule has 1 heterocycles. The third kappa shape index (κ3) is 7.92. The predicted octanol–water partition coefficient (Wildman–Crippen LogP) is 5.60. The number of ether oxygens (including phenoxy) is 2. The van der Waals surface area contributed by atoms with E-state index in [0.717, 1.165) is 11.6 Å². The molecular formula is C33H41F2N3O6. The molecule has 0 bridgehead atoms. The lowest BCUT2D eigenvalue weighted by molar-refractivity contribution is -0.141. The third-order valence-corrected chi connectivity index (χ3v) is 8.38. The molecule has 2 aromatic carbocycles. The highest BCUT2D eigenvalue weighted by molar-refractivity contribution is 5.99. The Morgan fingerprint density at radius 1 is 1.00 bits per heavy atom. The monoisotopic (exact) mass is 613 g/mol. The molecule has 1 aliphatic heterocycles. The summed E-state index contributed by atoms with van der Waals surface area (Å²) in [5.41, 5.74) is 0.0923. The molecule has 11 heteroatoms. The molecule has 2 aromatic rings. The lowest BCUT2D eigenvalue weighted by Crippen LogP contribution is -2.49. The molecule has 0 radical (unpaired) electrons. The maximum Gasteiger partial charge on any atom is 0.407 e. The lowest BCUT2D eigenvalue weighted by atomic mass is 9.78. The van der Waals surface area contributed by atoms with Crippen LogP contribution >= 0.6 is 0 Å². The second-order valence-electron chi connectivity index (χ2n) is 12.5. The van der Waals surface area contributed by atoms with Gasteiger partial charge in [-0.25, -0.2) is 18.4 Å². The maximum atomic E-state index is 14.9. The van der Waals surface area contributed by atoms with E-state index in [1.807, 2.05) is 30.3 Å². The Morgan fingerprint density at radius 2 is 1.68 bits per heavy atom. The number of nitrogens with zero attached hydrogens (tertiary/aromatic N) is 1. The number of halogens is 2. The third-order valence-electron chi connectivity index (χ3n) is 8.38. The highest BCUT2D eigenvalue weighted by Crippen LogP contribution is 2.38. The molecule has 9 nitrogen and oxygen atoms in total. The number of benzene rings is 2. The summed E-state index contributed by atoms with van der Waals surface area (Å²) in [6, 6.07) is 11.5. The van der Waals surface area contributed by atoms with Gasteiger partial charge in [-0.05, 0) is 82.6 Å². The maximum absolute atomic E-state index is 14.9. The first-order chi connectivity index (χ1) is 20.9. The second-order valence-corrected chi connectivity index (χ2v) is 12.5. The van der Waals surface area contributed by atoms with E-state index in [1.54, 1.807) is 25.7 Å². The summed E-state index contributed by atoms with van der Waals surface area (Å²) in [4.78, 5) is 53.3. The molecule has 2 N–H and O–H groups in total. The van der Waals surface area contributed by atoms with Gasteiger partial charge in [0.2, 0.25) is 11.8 Å². The van der Waals surface area contributed by atoms with Crippen LogP contribution in [0.5, 0.6) is 0 Å². The topological polar surface area (TPSA) is 114 Å². The number of alkyl halides is 1. The fourth-order valence-electron chi connectivity index (χ4n) is 6.23. The Morgan fingerprint density at radius 3 is 2.27 bits per heavy atom. The van der Waals surface area contributed by atoms with Crippen LogP contribution in [-0.2, 0) is 19.1 Å². The van der Waals surface area contributed by atoms with Crippen LogP contribution < -0.4 is 10.6 Å². The molecule has 2 fully saturated rings. The molecule has 3 amide bonds. The average molecular weight is 614 g/mol. The summed E-state index contributed by atoms with van der Waals surface area (Å²) in [5, 5.41) is 5.27. The molecule has 4 rings (SSSR count). The molecule has 1 aliphatic carbocycles. The quantitative estimate of drug-likeness (QED) is 0.375.